The van der Waals surface area contributed by atoms with E-state index in [9.17, 15) is 9.18 Å². The topological polar surface area (TPSA) is 60.9 Å². The van der Waals surface area contributed by atoms with Crippen molar-refractivity contribution in [2.75, 3.05) is 5.88 Å². The number of rotatable bonds is 7. The Morgan fingerprint density at radius 2 is 2.20 bits per heavy atom. The summed E-state index contributed by atoms with van der Waals surface area (Å²) < 4.78 is 15.3. The molecule has 1 heterocycles. The van der Waals surface area contributed by atoms with Crippen molar-refractivity contribution in [1.82, 2.24) is 9.55 Å². The normalized spacial score (nSPS) is 11.1. The molecule has 0 aliphatic heterocycles. The Morgan fingerprint density at radius 3 is 2.90 bits per heavy atom. The number of aromatic nitrogens is 2. The molecule has 0 fully saturated rings. The maximum atomic E-state index is 13.2. The van der Waals surface area contributed by atoms with E-state index in [1.807, 2.05) is 4.57 Å². The molecule has 20 heavy (non-hydrogen) atoms. The predicted octanol–water partition coefficient (Wildman–Crippen LogP) is 2.61. The number of halogens is 2. The largest absolute Gasteiger partial charge is 0.370 e. The summed E-state index contributed by atoms with van der Waals surface area (Å²) in [6.07, 6.45) is 2.57. The van der Waals surface area contributed by atoms with E-state index in [-0.39, 0.29) is 11.7 Å². The molecule has 6 heteroatoms. The van der Waals surface area contributed by atoms with E-state index in [0.29, 0.717) is 24.2 Å². The van der Waals surface area contributed by atoms with Gasteiger partial charge in [-0.2, -0.15) is 0 Å². The van der Waals surface area contributed by atoms with Crippen molar-refractivity contribution >= 4 is 28.5 Å². The van der Waals surface area contributed by atoms with Crippen molar-refractivity contribution in [3.05, 3.63) is 29.8 Å². The molecule has 108 valence electrons. The lowest BCUT2D eigenvalue weighted by Crippen LogP contribution is -2.11. The predicted molar refractivity (Wildman–Crippen MR) is 77.2 cm³/mol. The van der Waals surface area contributed by atoms with E-state index in [2.05, 4.69) is 4.98 Å². The number of nitrogens with zero attached hydrogens (tertiary/aromatic N) is 2. The summed E-state index contributed by atoms with van der Waals surface area (Å²) in [5, 5.41) is 0. The Balaban J connectivity index is 2.19. The quantitative estimate of drug-likeness (QED) is 0.631. The third-order valence-corrected chi connectivity index (χ3v) is 3.35. The fourth-order valence-corrected chi connectivity index (χ4v) is 2.42. The SMILES string of the molecule is NC(=O)CCCCn1c(CCCl)nc2cc(F)ccc21. The lowest BCUT2D eigenvalue weighted by molar-refractivity contribution is -0.118. The van der Waals surface area contributed by atoms with Crippen LogP contribution in [0.25, 0.3) is 11.0 Å². The Bertz CT molecular complexity index is 612. The lowest BCUT2D eigenvalue weighted by Gasteiger charge is -2.08. The van der Waals surface area contributed by atoms with Gasteiger partial charge in [0, 0.05) is 31.3 Å². The zero-order chi connectivity index (χ0) is 14.5. The monoisotopic (exact) mass is 297 g/mol. The molecule has 0 aliphatic rings. The maximum Gasteiger partial charge on any atom is 0.217 e. The first-order valence-corrected chi connectivity index (χ1v) is 7.14. The van der Waals surface area contributed by atoms with Crippen molar-refractivity contribution < 1.29 is 9.18 Å². The number of hydrogen-bond donors (Lipinski definition) is 1. The highest BCUT2D eigenvalue weighted by molar-refractivity contribution is 6.17. The van der Waals surface area contributed by atoms with Gasteiger partial charge in [0.15, 0.2) is 0 Å². The second-order valence-electron chi connectivity index (χ2n) is 4.68. The number of carbonyl (C=O) groups excluding carboxylic acids is 1. The highest BCUT2D eigenvalue weighted by Gasteiger charge is 2.11. The first-order valence-electron chi connectivity index (χ1n) is 6.60. The number of primary amides is 1. The minimum Gasteiger partial charge on any atom is -0.370 e. The molecular formula is C14H17ClFN3O. The van der Waals surface area contributed by atoms with E-state index < -0.39 is 0 Å². The Labute approximate surface area is 121 Å². The van der Waals surface area contributed by atoms with E-state index in [0.717, 1.165) is 30.7 Å². The summed E-state index contributed by atoms with van der Waals surface area (Å²) in [5.41, 5.74) is 6.65. The van der Waals surface area contributed by atoms with Crippen molar-refractivity contribution in [1.29, 1.82) is 0 Å². The number of imidazole rings is 1. The molecule has 1 aromatic heterocycles. The minimum atomic E-state index is -0.298. The molecule has 0 saturated heterocycles. The first-order chi connectivity index (χ1) is 9.61. The van der Waals surface area contributed by atoms with Crippen LogP contribution in [0.2, 0.25) is 0 Å². The third-order valence-electron chi connectivity index (χ3n) is 3.16. The van der Waals surface area contributed by atoms with E-state index >= 15 is 0 Å². The summed E-state index contributed by atoms with van der Waals surface area (Å²) in [6.45, 7) is 0.724. The van der Waals surface area contributed by atoms with E-state index in [4.69, 9.17) is 17.3 Å². The van der Waals surface area contributed by atoms with Gasteiger partial charge in [-0.25, -0.2) is 9.37 Å². The number of unbranched alkanes of at least 4 members (excludes halogenated alkanes) is 1. The van der Waals surface area contributed by atoms with Crippen LogP contribution in [0.15, 0.2) is 18.2 Å². The van der Waals surface area contributed by atoms with Gasteiger partial charge in [0.1, 0.15) is 11.6 Å². The second-order valence-corrected chi connectivity index (χ2v) is 5.05. The van der Waals surface area contributed by atoms with Gasteiger partial charge >= 0.3 is 0 Å². The van der Waals surface area contributed by atoms with Gasteiger partial charge in [-0.15, -0.1) is 11.6 Å². The number of nitrogens with two attached hydrogens (primary N) is 1. The molecule has 0 aliphatic carbocycles. The van der Waals surface area contributed by atoms with Crippen LogP contribution >= 0.6 is 11.6 Å². The van der Waals surface area contributed by atoms with Gasteiger partial charge in [-0.05, 0) is 25.0 Å². The molecule has 2 aromatic rings. The van der Waals surface area contributed by atoms with Gasteiger partial charge in [0.2, 0.25) is 5.91 Å². The zero-order valence-electron chi connectivity index (χ0n) is 11.1. The van der Waals surface area contributed by atoms with Crippen molar-refractivity contribution in [2.45, 2.75) is 32.2 Å². The number of carbonyl (C=O) groups is 1. The number of benzene rings is 1. The maximum absolute atomic E-state index is 13.2. The Kier molecular flexibility index (Phi) is 4.95. The van der Waals surface area contributed by atoms with Crippen LogP contribution in [0, 0.1) is 5.82 Å². The molecule has 0 unspecified atom stereocenters. The second kappa shape index (κ2) is 6.70. The number of amides is 1. The minimum absolute atomic E-state index is 0.288. The van der Waals surface area contributed by atoms with Crippen LogP contribution in [-0.2, 0) is 17.8 Å². The molecule has 0 radical (unpaired) electrons. The first kappa shape index (κ1) is 14.8. The van der Waals surface area contributed by atoms with Gasteiger partial charge in [-0.3, -0.25) is 4.79 Å². The zero-order valence-corrected chi connectivity index (χ0v) is 11.9. The molecule has 4 nitrogen and oxygen atoms in total. The summed E-state index contributed by atoms with van der Waals surface area (Å²) in [7, 11) is 0. The lowest BCUT2D eigenvalue weighted by atomic mass is 10.2. The highest BCUT2D eigenvalue weighted by atomic mass is 35.5. The van der Waals surface area contributed by atoms with Crippen LogP contribution < -0.4 is 5.73 Å². The van der Waals surface area contributed by atoms with Crippen molar-refractivity contribution in [3.63, 3.8) is 0 Å². The molecule has 0 spiro atoms. The average Bonchev–Trinajstić information content (AvgIpc) is 2.72. The Morgan fingerprint density at radius 1 is 1.40 bits per heavy atom. The molecule has 1 amide bonds. The molecule has 1 aromatic carbocycles. The molecule has 2 N–H and O–H groups in total. The van der Waals surface area contributed by atoms with E-state index in [1.165, 1.54) is 12.1 Å². The summed E-state index contributed by atoms with van der Waals surface area (Å²) in [4.78, 5) is 15.1. The standard InChI is InChI=1S/C14H17ClFN3O/c15-7-6-14-18-11-9-10(16)4-5-12(11)19(14)8-2-1-3-13(17)20/h4-5,9H,1-3,6-8H2,(H2,17,20). The van der Waals surface area contributed by atoms with Crippen molar-refractivity contribution in [3.8, 4) is 0 Å². The van der Waals surface area contributed by atoms with Crippen LogP contribution in [0.5, 0.6) is 0 Å². The van der Waals surface area contributed by atoms with Crippen LogP contribution in [0.3, 0.4) is 0 Å². The van der Waals surface area contributed by atoms with Crippen LogP contribution in [0.4, 0.5) is 4.39 Å². The summed E-state index contributed by atoms with van der Waals surface area (Å²) >= 11 is 5.78. The fraction of sp³-hybridized carbons (Fsp3) is 0.429. The number of hydrogen-bond acceptors (Lipinski definition) is 2. The van der Waals surface area contributed by atoms with Gasteiger partial charge in [-0.1, -0.05) is 0 Å². The molecular weight excluding hydrogens is 281 g/mol. The third kappa shape index (κ3) is 3.48. The fourth-order valence-electron chi connectivity index (χ4n) is 2.25. The smallest absolute Gasteiger partial charge is 0.217 e. The molecule has 2 rings (SSSR count). The van der Waals surface area contributed by atoms with Crippen LogP contribution in [-0.4, -0.2) is 21.3 Å². The Hall–Kier alpha value is -1.62. The average molecular weight is 298 g/mol. The van der Waals surface area contributed by atoms with E-state index in [1.54, 1.807) is 6.07 Å². The molecule has 0 saturated carbocycles. The molecule has 0 bridgehead atoms. The van der Waals surface area contributed by atoms with Gasteiger partial charge in [0.25, 0.3) is 0 Å². The van der Waals surface area contributed by atoms with Crippen LogP contribution in [0.1, 0.15) is 25.1 Å². The number of fused-ring (bicyclic) bond motifs is 1. The molecule has 0 atom stereocenters. The highest BCUT2D eigenvalue weighted by Crippen LogP contribution is 2.19. The number of alkyl halides is 1. The summed E-state index contributed by atoms with van der Waals surface area (Å²) in [6, 6.07) is 4.57. The number of aryl methyl sites for hydroxylation is 2. The van der Waals surface area contributed by atoms with Gasteiger partial charge < -0.3 is 10.3 Å². The van der Waals surface area contributed by atoms with Crippen molar-refractivity contribution in [2.24, 2.45) is 5.73 Å². The van der Waals surface area contributed by atoms with Gasteiger partial charge in [0.05, 0.1) is 11.0 Å². The summed E-state index contributed by atoms with van der Waals surface area (Å²) in [5.74, 6) is 0.726.